The Labute approximate surface area is 174 Å². The van der Waals surface area contributed by atoms with Crippen LogP contribution in [0.5, 0.6) is 0 Å². The molecule has 0 spiro atoms. The number of hydrogen-bond donors (Lipinski definition) is 0. The molecule has 2 aromatic heterocycles. The van der Waals surface area contributed by atoms with Crippen molar-refractivity contribution in [2.24, 2.45) is 0 Å². The van der Waals surface area contributed by atoms with E-state index in [0.717, 1.165) is 21.6 Å². The van der Waals surface area contributed by atoms with Crippen molar-refractivity contribution < 1.29 is 0 Å². The lowest BCUT2D eigenvalue weighted by Gasteiger charge is -2.38. The normalized spacial score (nSPS) is 12.1. The molecule has 3 aromatic rings. The Balaban J connectivity index is 2.28. The molecule has 28 heavy (non-hydrogen) atoms. The van der Waals surface area contributed by atoms with E-state index in [-0.39, 0.29) is 0 Å². The van der Waals surface area contributed by atoms with Crippen LogP contribution in [0.3, 0.4) is 0 Å². The second kappa shape index (κ2) is 8.11. The summed E-state index contributed by atoms with van der Waals surface area (Å²) in [6, 6.07) is 9.80. The van der Waals surface area contributed by atoms with E-state index < -0.39 is 8.07 Å². The number of rotatable bonds is 4. The van der Waals surface area contributed by atoms with Crippen molar-refractivity contribution in [3.05, 3.63) is 53.4 Å². The maximum Gasteiger partial charge on any atom is 0.235 e. The van der Waals surface area contributed by atoms with Crippen LogP contribution >= 0.6 is 11.6 Å². The van der Waals surface area contributed by atoms with Crippen LogP contribution in [0, 0.1) is 11.5 Å². The van der Waals surface area contributed by atoms with Gasteiger partial charge in [0, 0.05) is 22.8 Å². The molecule has 3 nitrogen and oxygen atoms in total. The quantitative estimate of drug-likeness (QED) is 0.357. The van der Waals surface area contributed by atoms with Gasteiger partial charge in [0.2, 0.25) is 5.95 Å². The van der Waals surface area contributed by atoms with E-state index in [1.165, 1.54) is 0 Å². The Morgan fingerprint density at radius 1 is 0.929 bits per heavy atom. The van der Waals surface area contributed by atoms with Crippen LogP contribution in [0.25, 0.3) is 16.9 Å². The van der Waals surface area contributed by atoms with Crippen LogP contribution < -0.4 is 0 Å². The molecule has 0 saturated carbocycles. The van der Waals surface area contributed by atoms with E-state index in [1.807, 2.05) is 28.8 Å². The van der Waals surface area contributed by atoms with Crippen molar-refractivity contribution in [2.75, 3.05) is 0 Å². The Morgan fingerprint density at radius 3 is 2.11 bits per heavy atom. The third kappa shape index (κ3) is 3.50. The molecule has 0 saturated heterocycles. The molecular weight excluding hydrogens is 382 g/mol. The SMILES string of the molecule is CC(C)[Si](C#Cc1cc2c(Cl)cccc2n1-c1ncccn1)(C(C)C)C(C)C. The van der Waals surface area contributed by atoms with Crippen LogP contribution in [-0.2, 0) is 0 Å². The summed E-state index contributed by atoms with van der Waals surface area (Å²) in [6.07, 6.45) is 3.51. The molecule has 0 radical (unpaired) electrons. The molecule has 1 aromatic carbocycles. The predicted molar refractivity (Wildman–Crippen MR) is 122 cm³/mol. The van der Waals surface area contributed by atoms with Gasteiger partial charge < -0.3 is 0 Å². The first kappa shape index (κ1) is 20.6. The van der Waals surface area contributed by atoms with Gasteiger partial charge >= 0.3 is 0 Å². The first-order valence-corrected chi connectivity index (χ1v) is 12.5. The Hall–Kier alpha value is -2.09. The molecule has 0 N–H and O–H groups in total. The minimum atomic E-state index is -1.85. The minimum absolute atomic E-state index is 0.578. The standard InChI is InChI=1S/C23H28ClN3Si/c1-16(2)28(17(3)4,18(5)6)14-11-19-15-20-21(24)9-7-10-22(20)27(19)23-25-12-8-13-26-23/h7-10,12-13,15-18H,1-6H3. The van der Waals surface area contributed by atoms with Gasteiger partial charge in [0.15, 0.2) is 0 Å². The summed E-state index contributed by atoms with van der Waals surface area (Å²) in [5, 5.41) is 1.70. The van der Waals surface area contributed by atoms with Gasteiger partial charge in [0.05, 0.1) is 11.2 Å². The molecule has 0 atom stereocenters. The summed E-state index contributed by atoms with van der Waals surface area (Å²) in [5.74, 6) is 4.17. The topological polar surface area (TPSA) is 30.7 Å². The highest BCUT2D eigenvalue weighted by atomic mass is 35.5. The third-order valence-electron chi connectivity index (χ3n) is 5.82. The number of benzene rings is 1. The fourth-order valence-electron chi connectivity index (χ4n) is 4.51. The number of aromatic nitrogens is 3. The maximum absolute atomic E-state index is 6.48. The molecule has 0 aliphatic carbocycles. The van der Waals surface area contributed by atoms with Crippen molar-refractivity contribution >= 4 is 30.6 Å². The lowest BCUT2D eigenvalue weighted by atomic mass is 10.2. The largest absolute Gasteiger partial charge is 0.271 e. The average Bonchev–Trinajstić information content (AvgIpc) is 3.02. The first-order valence-electron chi connectivity index (χ1n) is 9.89. The molecule has 0 unspecified atom stereocenters. The summed E-state index contributed by atoms with van der Waals surface area (Å²) >= 11 is 6.48. The second-order valence-electron chi connectivity index (χ2n) is 8.23. The average molecular weight is 410 g/mol. The van der Waals surface area contributed by atoms with Crippen molar-refractivity contribution in [2.45, 2.75) is 58.2 Å². The van der Waals surface area contributed by atoms with Gasteiger partial charge in [-0.05, 0) is 40.9 Å². The van der Waals surface area contributed by atoms with E-state index in [4.69, 9.17) is 11.6 Å². The molecule has 0 amide bonds. The van der Waals surface area contributed by atoms with Crippen molar-refractivity contribution in [1.29, 1.82) is 0 Å². The fraction of sp³-hybridized carbons (Fsp3) is 0.391. The molecule has 0 bridgehead atoms. The Kier molecular flexibility index (Phi) is 5.97. The van der Waals surface area contributed by atoms with Crippen LogP contribution in [0.4, 0.5) is 0 Å². The molecule has 0 aliphatic heterocycles. The highest BCUT2D eigenvalue weighted by Crippen LogP contribution is 2.41. The van der Waals surface area contributed by atoms with Crippen LogP contribution in [0.1, 0.15) is 47.2 Å². The lowest BCUT2D eigenvalue weighted by molar-refractivity contribution is 0.838. The summed E-state index contributed by atoms with van der Waals surface area (Å²) in [4.78, 5) is 8.93. The highest BCUT2D eigenvalue weighted by Gasteiger charge is 2.41. The number of fused-ring (bicyclic) bond motifs is 1. The van der Waals surface area contributed by atoms with Crippen molar-refractivity contribution in [3.63, 3.8) is 0 Å². The zero-order valence-electron chi connectivity index (χ0n) is 17.5. The van der Waals surface area contributed by atoms with Gasteiger partial charge in [-0.3, -0.25) is 4.57 Å². The summed E-state index contributed by atoms with van der Waals surface area (Å²) < 4.78 is 2.02. The summed E-state index contributed by atoms with van der Waals surface area (Å²) in [6.45, 7) is 14.0. The minimum Gasteiger partial charge on any atom is -0.271 e. The molecule has 0 aliphatic rings. The van der Waals surface area contributed by atoms with Crippen LogP contribution in [0.15, 0.2) is 42.7 Å². The molecule has 0 fully saturated rings. The fourth-order valence-corrected chi connectivity index (χ4v) is 9.95. The van der Waals surface area contributed by atoms with E-state index in [1.54, 1.807) is 12.4 Å². The molecule has 146 valence electrons. The molecule has 2 heterocycles. The van der Waals surface area contributed by atoms with Crippen LogP contribution in [0.2, 0.25) is 21.6 Å². The monoisotopic (exact) mass is 409 g/mol. The first-order chi connectivity index (χ1) is 13.3. The van der Waals surface area contributed by atoms with Gasteiger partial charge in [0.25, 0.3) is 0 Å². The lowest BCUT2D eigenvalue weighted by Crippen LogP contribution is -2.43. The zero-order chi connectivity index (χ0) is 20.5. The number of nitrogens with zero attached hydrogens (tertiary/aromatic N) is 3. The third-order valence-corrected chi connectivity index (χ3v) is 12.4. The van der Waals surface area contributed by atoms with Gasteiger partial charge in [0.1, 0.15) is 8.07 Å². The number of hydrogen-bond acceptors (Lipinski definition) is 2. The smallest absolute Gasteiger partial charge is 0.235 e. The zero-order valence-corrected chi connectivity index (χ0v) is 19.2. The molecule has 3 rings (SSSR count). The molecule has 5 heteroatoms. The van der Waals surface area contributed by atoms with E-state index >= 15 is 0 Å². The second-order valence-corrected chi connectivity index (χ2v) is 14.2. The van der Waals surface area contributed by atoms with E-state index in [2.05, 4.69) is 69.0 Å². The highest BCUT2D eigenvalue weighted by molar-refractivity contribution is 6.90. The number of halogens is 1. The van der Waals surface area contributed by atoms with E-state index in [0.29, 0.717) is 22.6 Å². The summed E-state index contributed by atoms with van der Waals surface area (Å²) in [7, 11) is -1.85. The maximum atomic E-state index is 6.48. The van der Waals surface area contributed by atoms with Gasteiger partial charge in [-0.25, -0.2) is 9.97 Å². The molecular formula is C23H28ClN3Si. The van der Waals surface area contributed by atoms with E-state index in [9.17, 15) is 0 Å². The Morgan fingerprint density at radius 2 is 1.54 bits per heavy atom. The van der Waals surface area contributed by atoms with Gasteiger partial charge in [-0.2, -0.15) is 0 Å². The summed E-state index contributed by atoms with van der Waals surface area (Å²) in [5.41, 5.74) is 7.42. The van der Waals surface area contributed by atoms with Gasteiger partial charge in [-0.1, -0.05) is 65.1 Å². The van der Waals surface area contributed by atoms with Gasteiger partial charge in [-0.15, -0.1) is 5.54 Å². The van der Waals surface area contributed by atoms with Crippen molar-refractivity contribution in [1.82, 2.24) is 14.5 Å². The Bertz CT molecular complexity index is 1000. The van der Waals surface area contributed by atoms with Crippen LogP contribution in [-0.4, -0.2) is 22.6 Å². The van der Waals surface area contributed by atoms with Crippen molar-refractivity contribution in [3.8, 4) is 17.4 Å². The predicted octanol–water partition coefficient (Wildman–Crippen LogP) is 6.64.